The summed E-state index contributed by atoms with van der Waals surface area (Å²) in [5.74, 6) is 0.195. The predicted molar refractivity (Wildman–Crippen MR) is 109 cm³/mol. The standard InChI is InChI=1S/C19H17ClN6OS/c20-15-2-1-3-16(9-15)25-4-6-26(7-5-25)17(27)12-28-19-14(11-22)8-13(10-21)18(23)24-19/h1-3,8-9H,4-7,12H2,(H2,23,24). The van der Waals surface area contributed by atoms with Gasteiger partial charge in [0, 0.05) is 36.9 Å². The number of nitriles is 2. The SMILES string of the molecule is N#Cc1cc(C#N)c(SCC(=O)N2CCN(c3cccc(Cl)c3)CC2)nc1N. The summed E-state index contributed by atoms with van der Waals surface area (Å²) < 4.78 is 0. The van der Waals surface area contributed by atoms with Crippen LogP contribution in [-0.4, -0.2) is 47.7 Å². The summed E-state index contributed by atoms with van der Waals surface area (Å²) in [6.45, 7) is 2.67. The Labute approximate surface area is 172 Å². The Morgan fingerprint density at radius 3 is 2.54 bits per heavy atom. The van der Waals surface area contributed by atoms with E-state index in [0.29, 0.717) is 23.1 Å². The lowest BCUT2D eigenvalue weighted by Gasteiger charge is -2.36. The molecule has 9 heteroatoms. The molecule has 0 aliphatic carbocycles. The van der Waals surface area contributed by atoms with Gasteiger partial charge in [-0.15, -0.1) is 0 Å². The summed E-state index contributed by atoms with van der Waals surface area (Å²) in [4.78, 5) is 20.6. The summed E-state index contributed by atoms with van der Waals surface area (Å²) in [6.07, 6.45) is 0. The highest BCUT2D eigenvalue weighted by molar-refractivity contribution is 8.00. The van der Waals surface area contributed by atoms with Crippen LogP contribution in [0.4, 0.5) is 11.5 Å². The van der Waals surface area contributed by atoms with Gasteiger partial charge in [0.15, 0.2) is 0 Å². The van der Waals surface area contributed by atoms with Gasteiger partial charge < -0.3 is 15.5 Å². The number of nitrogens with two attached hydrogens (primary N) is 1. The van der Waals surface area contributed by atoms with Crippen molar-refractivity contribution in [2.24, 2.45) is 0 Å². The van der Waals surface area contributed by atoms with Crippen LogP contribution in [0.2, 0.25) is 5.02 Å². The van der Waals surface area contributed by atoms with Gasteiger partial charge >= 0.3 is 0 Å². The molecule has 0 bridgehead atoms. The van der Waals surface area contributed by atoms with Crippen LogP contribution >= 0.6 is 23.4 Å². The second-order valence-electron chi connectivity index (χ2n) is 6.13. The molecule has 0 unspecified atom stereocenters. The summed E-state index contributed by atoms with van der Waals surface area (Å²) in [5.41, 5.74) is 7.17. The zero-order valence-electron chi connectivity index (χ0n) is 14.9. The van der Waals surface area contributed by atoms with E-state index in [1.165, 1.54) is 6.07 Å². The van der Waals surface area contributed by atoms with Crippen LogP contribution in [0.5, 0.6) is 0 Å². The number of nitrogens with zero attached hydrogens (tertiary/aromatic N) is 5. The highest BCUT2D eigenvalue weighted by Crippen LogP contribution is 2.25. The number of benzene rings is 1. The van der Waals surface area contributed by atoms with E-state index in [1.54, 1.807) is 4.90 Å². The summed E-state index contributed by atoms with van der Waals surface area (Å²) in [7, 11) is 0. The zero-order chi connectivity index (χ0) is 20.1. The molecule has 3 rings (SSSR count). The quantitative estimate of drug-likeness (QED) is 0.768. The van der Waals surface area contributed by atoms with Gasteiger partial charge in [0.05, 0.1) is 16.9 Å². The summed E-state index contributed by atoms with van der Waals surface area (Å²) in [5, 5.41) is 19.3. The molecule has 1 aromatic carbocycles. The monoisotopic (exact) mass is 412 g/mol. The number of halogens is 1. The van der Waals surface area contributed by atoms with Crippen LogP contribution < -0.4 is 10.6 Å². The number of carbonyl (C=O) groups excluding carboxylic acids is 1. The molecular weight excluding hydrogens is 396 g/mol. The van der Waals surface area contributed by atoms with Gasteiger partial charge in [0.1, 0.15) is 23.0 Å². The van der Waals surface area contributed by atoms with Crippen molar-refractivity contribution < 1.29 is 4.79 Å². The van der Waals surface area contributed by atoms with Crippen LogP contribution in [0.3, 0.4) is 0 Å². The van der Waals surface area contributed by atoms with Gasteiger partial charge in [-0.25, -0.2) is 4.98 Å². The van der Waals surface area contributed by atoms with Crippen molar-refractivity contribution in [1.29, 1.82) is 10.5 Å². The average Bonchev–Trinajstić information content (AvgIpc) is 2.72. The van der Waals surface area contributed by atoms with Crippen LogP contribution in [-0.2, 0) is 4.79 Å². The Bertz CT molecular complexity index is 975. The van der Waals surface area contributed by atoms with E-state index >= 15 is 0 Å². The van der Waals surface area contributed by atoms with Crippen LogP contribution in [0, 0.1) is 22.7 Å². The minimum absolute atomic E-state index is 0.0237. The molecule has 142 valence electrons. The Morgan fingerprint density at radius 2 is 1.89 bits per heavy atom. The third-order valence-corrected chi connectivity index (χ3v) is 5.61. The van der Waals surface area contributed by atoms with Gasteiger partial charge in [-0.1, -0.05) is 29.4 Å². The number of hydrogen-bond acceptors (Lipinski definition) is 7. The number of anilines is 2. The second-order valence-corrected chi connectivity index (χ2v) is 7.53. The third kappa shape index (κ3) is 4.48. The smallest absolute Gasteiger partial charge is 0.233 e. The molecule has 2 aromatic rings. The molecule has 28 heavy (non-hydrogen) atoms. The topological polar surface area (TPSA) is 110 Å². The minimum Gasteiger partial charge on any atom is -0.383 e. The molecule has 2 heterocycles. The Morgan fingerprint density at radius 1 is 1.18 bits per heavy atom. The Hall–Kier alpha value is -2.94. The highest BCUT2D eigenvalue weighted by Gasteiger charge is 2.22. The lowest BCUT2D eigenvalue weighted by Crippen LogP contribution is -2.49. The Kier molecular flexibility index (Phi) is 6.25. The first-order valence-corrected chi connectivity index (χ1v) is 9.90. The average molecular weight is 413 g/mol. The molecule has 1 amide bonds. The first-order chi connectivity index (χ1) is 13.5. The lowest BCUT2D eigenvalue weighted by atomic mass is 10.2. The second kappa shape index (κ2) is 8.83. The normalized spacial score (nSPS) is 13.7. The van der Waals surface area contributed by atoms with Gasteiger partial charge in [0.25, 0.3) is 0 Å². The van der Waals surface area contributed by atoms with Crippen molar-refractivity contribution in [2.45, 2.75) is 5.03 Å². The third-order valence-electron chi connectivity index (χ3n) is 4.40. The first-order valence-electron chi connectivity index (χ1n) is 8.53. The lowest BCUT2D eigenvalue weighted by molar-refractivity contribution is -0.128. The summed E-state index contributed by atoms with van der Waals surface area (Å²) in [6, 6.07) is 13.0. The van der Waals surface area contributed by atoms with E-state index in [0.717, 1.165) is 30.5 Å². The van der Waals surface area contributed by atoms with Crippen molar-refractivity contribution in [2.75, 3.05) is 42.6 Å². The zero-order valence-corrected chi connectivity index (χ0v) is 16.5. The van der Waals surface area contributed by atoms with Crippen LogP contribution in [0.15, 0.2) is 35.4 Å². The van der Waals surface area contributed by atoms with Crippen LogP contribution in [0.1, 0.15) is 11.1 Å². The van der Waals surface area contributed by atoms with E-state index in [4.69, 9.17) is 22.6 Å². The van der Waals surface area contributed by atoms with Gasteiger partial charge in [-0.2, -0.15) is 10.5 Å². The van der Waals surface area contributed by atoms with Gasteiger partial charge in [-0.3, -0.25) is 4.79 Å². The maximum absolute atomic E-state index is 12.5. The maximum Gasteiger partial charge on any atom is 0.233 e. The number of aromatic nitrogens is 1. The number of thioether (sulfide) groups is 1. The predicted octanol–water partition coefficient (Wildman–Crippen LogP) is 2.50. The first kappa shape index (κ1) is 19.8. The van der Waals surface area contributed by atoms with Crippen molar-refractivity contribution in [3.05, 3.63) is 46.5 Å². The fraction of sp³-hybridized carbons (Fsp3) is 0.263. The van der Waals surface area contributed by atoms with Gasteiger partial charge in [-0.05, 0) is 24.3 Å². The van der Waals surface area contributed by atoms with E-state index in [-0.39, 0.29) is 28.6 Å². The number of hydrogen-bond donors (Lipinski definition) is 1. The highest BCUT2D eigenvalue weighted by atomic mass is 35.5. The molecule has 0 radical (unpaired) electrons. The van der Waals surface area contributed by atoms with E-state index in [2.05, 4.69) is 9.88 Å². The number of rotatable bonds is 4. The van der Waals surface area contributed by atoms with E-state index in [9.17, 15) is 10.1 Å². The minimum atomic E-state index is -0.0237. The molecule has 1 aromatic heterocycles. The van der Waals surface area contributed by atoms with Crippen molar-refractivity contribution in [1.82, 2.24) is 9.88 Å². The summed E-state index contributed by atoms with van der Waals surface area (Å²) >= 11 is 7.21. The van der Waals surface area contributed by atoms with E-state index < -0.39 is 0 Å². The number of nitrogen functional groups attached to an aromatic ring is 1. The van der Waals surface area contributed by atoms with Gasteiger partial charge in [0.2, 0.25) is 5.91 Å². The fourth-order valence-electron chi connectivity index (χ4n) is 2.90. The maximum atomic E-state index is 12.5. The molecule has 1 aliphatic rings. The number of carbonyl (C=O) groups is 1. The number of piperazine rings is 1. The number of amides is 1. The van der Waals surface area contributed by atoms with E-state index in [1.807, 2.05) is 36.4 Å². The van der Waals surface area contributed by atoms with Crippen molar-refractivity contribution >= 4 is 40.8 Å². The molecule has 1 fully saturated rings. The molecule has 1 aliphatic heterocycles. The molecule has 7 nitrogen and oxygen atoms in total. The molecule has 1 saturated heterocycles. The Balaban J connectivity index is 1.58. The number of pyridine rings is 1. The largest absolute Gasteiger partial charge is 0.383 e. The molecular formula is C19H17ClN6OS. The molecule has 0 atom stereocenters. The fourth-order valence-corrected chi connectivity index (χ4v) is 3.95. The van der Waals surface area contributed by atoms with Crippen molar-refractivity contribution in [3.63, 3.8) is 0 Å². The molecule has 0 spiro atoms. The van der Waals surface area contributed by atoms with Crippen LogP contribution in [0.25, 0.3) is 0 Å². The van der Waals surface area contributed by atoms with Crippen molar-refractivity contribution in [3.8, 4) is 12.1 Å². The molecule has 0 saturated carbocycles. The molecule has 2 N–H and O–H groups in total.